The van der Waals surface area contributed by atoms with Crippen molar-refractivity contribution in [1.29, 1.82) is 0 Å². The highest BCUT2D eigenvalue weighted by atomic mass is 19.1. The molecule has 2 amide bonds. The molecule has 4 aromatic rings. The summed E-state index contributed by atoms with van der Waals surface area (Å²) in [5.41, 5.74) is 0.961. The third-order valence-electron chi connectivity index (χ3n) is 5.57. The van der Waals surface area contributed by atoms with E-state index in [1.165, 1.54) is 29.3 Å². The van der Waals surface area contributed by atoms with Crippen molar-refractivity contribution < 1.29 is 14.0 Å². The third-order valence-corrected chi connectivity index (χ3v) is 5.57. The van der Waals surface area contributed by atoms with Gasteiger partial charge in [0.1, 0.15) is 17.0 Å². The van der Waals surface area contributed by atoms with Gasteiger partial charge in [0, 0.05) is 26.2 Å². The molecule has 2 aromatic heterocycles. The lowest BCUT2D eigenvalue weighted by Crippen LogP contribution is -2.50. The van der Waals surface area contributed by atoms with Gasteiger partial charge in [-0.1, -0.05) is 24.3 Å². The molecule has 0 spiro atoms. The van der Waals surface area contributed by atoms with Gasteiger partial charge in [0.25, 0.3) is 17.4 Å². The van der Waals surface area contributed by atoms with Crippen LogP contribution in [-0.4, -0.2) is 62.4 Å². The molecule has 31 heavy (non-hydrogen) atoms. The Bertz CT molecular complexity index is 1380. The standard InChI is InChI=1S/C22H18FN5O3/c23-17-7-3-1-5-14(17)21(30)26-9-11-27(12-10-26)22(31)16-13-24-28-18-8-4-2-6-15(18)20(29)25-19(16)28/h1-8,13H,9-12H2,(H,25,29). The zero-order chi connectivity index (χ0) is 21.5. The Kier molecular flexibility index (Phi) is 4.50. The van der Waals surface area contributed by atoms with E-state index in [1.807, 2.05) is 0 Å². The fourth-order valence-electron chi connectivity index (χ4n) is 3.92. The first-order valence-corrected chi connectivity index (χ1v) is 9.86. The molecule has 0 aliphatic carbocycles. The predicted octanol–water partition coefficient (Wildman–Crippen LogP) is 1.91. The van der Waals surface area contributed by atoms with Crippen molar-refractivity contribution in [3.05, 3.63) is 82.0 Å². The number of piperazine rings is 1. The van der Waals surface area contributed by atoms with Crippen molar-refractivity contribution in [3.63, 3.8) is 0 Å². The van der Waals surface area contributed by atoms with Crippen molar-refractivity contribution in [3.8, 4) is 0 Å². The van der Waals surface area contributed by atoms with Crippen LogP contribution in [0, 0.1) is 5.82 Å². The minimum atomic E-state index is -0.562. The summed E-state index contributed by atoms with van der Waals surface area (Å²) in [4.78, 5) is 44.0. The van der Waals surface area contributed by atoms with Gasteiger partial charge in [0.15, 0.2) is 0 Å². The number of halogens is 1. The van der Waals surface area contributed by atoms with E-state index in [1.54, 1.807) is 39.7 Å². The van der Waals surface area contributed by atoms with Crippen LogP contribution >= 0.6 is 0 Å². The lowest BCUT2D eigenvalue weighted by atomic mass is 10.1. The largest absolute Gasteiger partial charge is 0.335 e. The SMILES string of the molecule is O=C(c1ccccc1F)N1CCN(C(=O)c2cnn3c2[nH]c(=O)c2ccccc23)CC1. The number of benzene rings is 2. The topological polar surface area (TPSA) is 90.8 Å². The summed E-state index contributed by atoms with van der Waals surface area (Å²) in [5.74, 6) is -1.23. The molecule has 0 radical (unpaired) electrons. The first-order chi connectivity index (χ1) is 15.0. The molecule has 1 saturated heterocycles. The Hall–Kier alpha value is -4.01. The number of nitrogens with one attached hydrogen (secondary N) is 1. The van der Waals surface area contributed by atoms with Gasteiger partial charge in [-0.25, -0.2) is 8.91 Å². The van der Waals surface area contributed by atoms with Gasteiger partial charge >= 0.3 is 0 Å². The van der Waals surface area contributed by atoms with Crippen LogP contribution < -0.4 is 5.56 Å². The highest BCUT2D eigenvalue weighted by molar-refractivity contribution is 6.01. The molecule has 9 heteroatoms. The first kappa shape index (κ1) is 19.0. The zero-order valence-corrected chi connectivity index (χ0v) is 16.4. The lowest BCUT2D eigenvalue weighted by Gasteiger charge is -2.34. The smallest absolute Gasteiger partial charge is 0.259 e. The maximum absolute atomic E-state index is 13.9. The van der Waals surface area contributed by atoms with Crippen molar-refractivity contribution in [2.45, 2.75) is 0 Å². The monoisotopic (exact) mass is 419 g/mol. The maximum Gasteiger partial charge on any atom is 0.259 e. The Morgan fingerprint density at radius 2 is 1.48 bits per heavy atom. The number of H-pyrrole nitrogens is 1. The van der Waals surface area contributed by atoms with Crippen LogP contribution in [0.2, 0.25) is 0 Å². The highest BCUT2D eigenvalue weighted by Crippen LogP contribution is 2.18. The van der Waals surface area contributed by atoms with Crippen molar-refractivity contribution in [1.82, 2.24) is 24.4 Å². The van der Waals surface area contributed by atoms with Crippen LogP contribution in [-0.2, 0) is 0 Å². The van der Waals surface area contributed by atoms with Crippen LogP contribution in [0.25, 0.3) is 16.6 Å². The van der Waals surface area contributed by atoms with E-state index < -0.39 is 11.7 Å². The lowest BCUT2D eigenvalue weighted by molar-refractivity contribution is 0.0533. The molecule has 1 fully saturated rings. The molecule has 1 N–H and O–H groups in total. The predicted molar refractivity (Wildman–Crippen MR) is 112 cm³/mol. The van der Waals surface area contributed by atoms with Crippen LogP contribution in [0.5, 0.6) is 0 Å². The Balaban J connectivity index is 1.38. The van der Waals surface area contributed by atoms with Gasteiger partial charge in [0.05, 0.1) is 22.7 Å². The molecular weight excluding hydrogens is 401 g/mol. The summed E-state index contributed by atoms with van der Waals surface area (Å²) in [7, 11) is 0. The van der Waals surface area contributed by atoms with Gasteiger partial charge in [-0.2, -0.15) is 5.10 Å². The molecule has 1 aliphatic heterocycles. The fraction of sp³-hybridized carbons (Fsp3) is 0.182. The van der Waals surface area contributed by atoms with E-state index in [9.17, 15) is 18.8 Å². The molecular formula is C22H18FN5O3. The molecule has 8 nitrogen and oxygen atoms in total. The summed E-state index contributed by atoms with van der Waals surface area (Å²) >= 11 is 0. The van der Waals surface area contributed by atoms with Gasteiger partial charge in [-0.05, 0) is 24.3 Å². The highest BCUT2D eigenvalue weighted by Gasteiger charge is 2.28. The van der Waals surface area contributed by atoms with Crippen molar-refractivity contribution in [2.75, 3.05) is 26.2 Å². The minimum Gasteiger partial charge on any atom is -0.335 e. The molecule has 5 rings (SSSR count). The zero-order valence-electron chi connectivity index (χ0n) is 16.4. The number of aromatic amines is 1. The Morgan fingerprint density at radius 1 is 0.871 bits per heavy atom. The van der Waals surface area contributed by atoms with Gasteiger partial charge < -0.3 is 14.8 Å². The average molecular weight is 419 g/mol. The van der Waals surface area contributed by atoms with Crippen LogP contribution in [0.1, 0.15) is 20.7 Å². The summed E-state index contributed by atoms with van der Waals surface area (Å²) in [6, 6.07) is 12.9. The number of hydrogen-bond donors (Lipinski definition) is 1. The number of fused-ring (bicyclic) bond motifs is 3. The number of carbonyl (C=O) groups excluding carboxylic acids is 2. The number of rotatable bonds is 2. The number of hydrogen-bond acceptors (Lipinski definition) is 4. The van der Waals surface area contributed by atoms with Crippen LogP contribution in [0.15, 0.2) is 59.5 Å². The molecule has 156 valence electrons. The summed E-state index contributed by atoms with van der Waals surface area (Å²) < 4.78 is 15.5. The molecule has 0 bridgehead atoms. The van der Waals surface area contributed by atoms with Gasteiger partial charge in [-0.3, -0.25) is 14.4 Å². The van der Waals surface area contributed by atoms with Crippen LogP contribution in [0.3, 0.4) is 0 Å². The van der Waals surface area contributed by atoms with E-state index in [-0.39, 0.29) is 35.7 Å². The first-order valence-electron chi connectivity index (χ1n) is 9.86. The van der Waals surface area contributed by atoms with Gasteiger partial charge in [-0.15, -0.1) is 0 Å². The molecule has 3 heterocycles. The third kappa shape index (κ3) is 3.14. The van der Waals surface area contributed by atoms with E-state index in [0.717, 1.165) is 0 Å². The molecule has 1 aliphatic rings. The number of amides is 2. The Labute approximate surface area is 175 Å². The van der Waals surface area contributed by atoms with E-state index in [4.69, 9.17) is 0 Å². The molecule has 0 atom stereocenters. The van der Waals surface area contributed by atoms with E-state index in [0.29, 0.717) is 29.6 Å². The van der Waals surface area contributed by atoms with E-state index >= 15 is 0 Å². The fourth-order valence-corrected chi connectivity index (χ4v) is 3.92. The van der Waals surface area contributed by atoms with Crippen molar-refractivity contribution in [2.24, 2.45) is 0 Å². The quantitative estimate of drug-likeness (QED) is 0.537. The van der Waals surface area contributed by atoms with E-state index in [2.05, 4.69) is 10.1 Å². The second-order valence-electron chi connectivity index (χ2n) is 7.35. The number of nitrogens with zero attached hydrogens (tertiary/aromatic N) is 4. The van der Waals surface area contributed by atoms with Crippen molar-refractivity contribution >= 4 is 28.4 Å². The van der Waals surface area contributed by atoms with Gasteiger partial charge in [0.2, 0.25) is 0 Å². The van der Waals surface area contributed by atoms with Crippen LogP contribution in [0.4, 0.5) is 4.39 Å². The molecule has 2 aromatic carbocycles. The molecule has 0 saturated carbocycles. The average Bonchev–Trinajstić information content (AvgIpc) is 3.23. The second kappa shape index (κ2) is 7.35. The second-order valence-corrected chi connectivity index (χ2v) is 7.35. The normalized spacial score (nSPS) is 14.4. The molecule has 0 unspecified atom stereocenters. The number of aromatic nitrogens is 3. The Morgan fingerprint density at radius 3 is 2.19 bits per heavy atom. The minimum absolute atomic E-state index is 0.0226. The summed E-state index contributed by atoms with van der Waals surface area (Å²) in [5, 5.41) is 4.77. The summed E-state index contributed by atoms with van der Waals surface area (Å²) in [6.07, 6.45) is 1.44. The number of carbonyl (C=O) groups is 2. The summed E-state index contributed by atoms with van der Waals surface area (Å²) in [6.45, 7) is 1.18. The maximum atomic E-state index is 13.9. The number of para-hydroxylation sites is 1.